The van der Waals surface area contributed by atoms with Crippen molar-refractivity contribution in [1.29, 1.82) is 0 Å². The molecule has 3 rings (SSSR count). The molecule has 1 aliphatic carbocycles. The van der Waals surface area contributed by atoms with Crippen LogP contribution in [0.2, 0.25) is 0 Å². The van der Waals surface area contributed by atoms with Crippen LogP contribution in [0.4, 0.5) is 4.79 Å². The fourth-order valence-corrected chi connectivity index (χ4v) is 7.49. The van der Waals surface area contributed by atoms with Crippen LogP contribution in [0.25, 0.3) is 0 Å². The van der Waals surface area contributed by atoms with Crippen molar-refractivity contribution >= 4 is 41.4 Å². The Hall–Kier alpha value is -3.77. The van der Waals surface area contributed by atoms with Gasteiger partial charge in [-0.25, -0.2) is 4.79 Å². The number of unbranched alkanes of at least 4 members (excludes halogenated alkanes) is 1. The van der Waals surface area contributed by atoms with Gasteiger partial charge in [0.05, 0.1) is 12.1 Å². The van der Waals surface area contributed by atoms with Crippen LogP contribution >= 0.6 is 0 Å². The number of imide groups is 1. The largest absolute Gasteiger partial charge is 0.346 e. The molecule has 7 amide bonds. The smallest absolute Gasteiger partial charge is 0.315 e. The number of Topliss-reactive ketones (excluding diaryl/α,β-unsaturated/α-hetero) is 1. The predicted octanol–water partition coefficient (Wildman–Crippen LogP) is 3.46. The summed E-state index contributed by atoms with van der Waals surface area (Å²) in [6.45, 7) is 20.9. The summed E-state index contributed by atoms with van der Waals surface area (Å²) in [6.07, 6.45) is 6.09. The molecule has 4 N–H and O–H groups in total. The lowest BCUT2D eigenvalue weighted by Gasteiger charge is -2.40. The summed E-state index contributed by atoms with van der Waals surface area (Å²) in [6, 6.07) is -4.19. The van der Waals surface area contributed by atoms with Gasteiger partial charge in [0.2, 0.25) is 29.4 Å². The highest BCUT2D eigenvalue weighted by atomic mass is 16.2. The zero-order valence-electron chi connectivity index (χ0n) is 32.3. The molecule has 13 heteroatoms. The SMILES string of the molecule is C=CCNC(=O)C(=O)C(CCCC)NC(=O)[C@@H]1[C@H]2CCC[C@H]2CN1C(=O)[C@@H](NC(=O)N[C@H](CN1C(=O)CC(C)(C)CC1=O)C(C)(C)C)C(C)(C)C. The minimum atomic E-state index is -1.04. The normalized spacial score (nSPS) is 23.5. The molecule has 13 nitrogen and oxygen atoms in total. The van der Waals surface area contributed by atoms with Crippen molar-refractivity contribution in [3.8, 4) is 0 Å². The Balaban J connectivity index is 1.83. The van der Waals surface area contributed by atoms with Crippen LogP contribution in [0.3, 0.4) is 0 Å². The third kappa shape index (κ3) is 10.6. The highest BCUT2D eigenvalue weighted by molar-refractivity contribution is 6.38. The van der Waals surface area contributed by atoms with Gasteiger partial charge >= 0.3 is 6.03 Å². The molecule has 0 aromatic carbocycles. The van der Waals surface area contributed by atoms with Crippen molar-refractivity contribution in [2.24, 2.45) is 28.1 Å². The molecule has 3 aliphatic rings. The van der Waals surface area contributed by atoms with Crippen molar-refractivity contribution in [3.63, 3.8) is 0 Å². The number of hydrogen-bond donors (Lipinski definition) is 4. The van der Waals surface area contributed by atoms with Gasteiger partial charge in [-0.15, -0.1) is 6.58 Å². The maximum atomic E-state index is 14.5. The number of hydrogen-bond acceptors (Lipinski definition) is 7. The molecule has 2 aliphatic heterocycles. The van der Waals surface area contributed by atoms with Crippen molar-refractivity contribution in [2.45, 2.75) is 138 Å². The number of nitrogens with one attached hydrogen (secondary N) is 4. The molecular weight excluding hydrogens is 652 g/mol. The second-order valence-electron chi connectivity index (χ2n) is 17.6. The van der Waals surface area contributed by atoms with E-state index in [1.165, 1.54) is 11.0 Å². The molecule has 51 heavy (non-hydrogen) atoms. The molecule has 2 saturated heterocycles. The van der Waals surface area contributed by atoms with Gasteiger partial charge in [-0.05, 0) is 47.3 Å². The van der Waals surface area contributed by atoms with Gasteiger partial charge in [-0.3, -0.25) is 33.7 Å². The van der Waals surface area contributed by atoms with Gasteiger partial charge < -0.3 is 26.2 Å². The molecule has 6 atom stereocenters. The first-order valence-corrected chi connectivity index (χ1v) is 18.5. The summed E-state index contributed by atoms with van der Waals surface area (Å²) >= 11 is 0. The van der Waals surface area contributed by atoms with E-state index in [1.807, 2.05) is 62.3 Å². The number of carbonyl (C=O) groups excluding carboxylic acids is 7. The van der Waals surface area contributed by atoms with E-state index in [4.69, 9.17) is 0 Å². The Labute approximate surface area is 303 Å². The number of likely N-dealkylation sites (tertiary alicyclic amines) is 2. The summed E-state index contributed by atoms with van der Waals surface area (Å²) in [5.74, 6) is -3.02. The molecular formula is C38H62N6O7. The quantitative estimate of drug-likeness (QED) is 0.121. The van der Waals surface area contributed by atoms with Gasteiger partial charge in [-0.1, -0.05) is 87.7 Å². The molecule has 0 radical (unpaired) electrons. The van der Waals surface area contributed by atoms with Crippen LogP contribution in [0.5, 0.6) is 0 Å². The van der Waals surface area contributed by atoms with Crippen molar-refractivity contribution < 1.29 is 33.6 Å². The van der Waals surface area contributed by atoms with E-state index in [-0.39, 0.29) is 56.0 Å². The fourth-order valence-electron chi connectivity index (χ4n) is 7.49. The highest BCUT2D eigenvalue weighted by Crippen LogP contribution is 2.43. The molecule has 0 spiro atoms. The van der Waals surface area contributed by atoms with E-state index in [9.17, 15) is 33.6 Å². The van der Waals surface area contributed by atoms with Crippen molar-refractivity contribution in [3.05, 3.63) is 12.7 Å². The molecule has 0 bridgehead atoms. The topological polar surface area (TPSA) is 174 Å². The van der Waals surface area contributed by atoms with Crippen LogP contribution in [-0.4, -0.2) is 95.0 Å². The lowest BCUT2D eigenvalue weighted by atomic mass is 9.80. The Morgan fingerprint density at radius 1 is 0.941 bits per heavy atom. The lowest BCUT2D eigenvalue weighted by Crippen LogP contribution is -2.62. The minimum absolute atomic E-state index is 0.0000578. The Kier molecular flexibility index (Phi) is 13.6. The zero-order valence-corrected chi connectivity index (χ0v) is 32.3. The van der Waals surface area contributed by atoms with E-state index in [1.54, 1.807) is 4.90 Å². The predicted molar refractivity (Wildman–Crippen MR) is 194 cm³/mol. The molecule has 3 fully saturated rings. The first-order valence-electron chi connectivity index (χ1n) is 18.5. The Morgan fingerprint density at radius 2 is 1.57 bits per heavy atom. The van der Waals surface area contributed by atoms with Crippen molar-refractivity contribution in [2.75, 3.05) is 19.6 Å². The summed E-state index contributed by atoms with van der Waals surface area (Å²) in [7, 11) is 0. The highest BCUT2D eigenvalue weighted by Gasteiger charge is 2.52. The summed E-state index contributed by atoms with van der Waals surface area (Å²) in [4.78, 5) is 96.7. The molecule has 1 unspecified atom stereocenters. The standard InChI is InChI=1S/C38H62N6O7/c1-11-13-17-25(30(47)33(49)39-18-12-2)40-32(48)29-24-16-14-15-23(24)21-44(29)34(50)31(37(6,7)8)42-35(51)41-26(36(3,4)5)22-43-27(45)19-38(9,10)20-28(43)46/h12,23-26,29,31H,2,11,13-22H2,1,3-10H3,(H,39,49)(H,40,48)(H2,41,42,51)/t23-,24-,25?,26+,29-,31+/m0/s1. The summed E-state index contributed by atoms with van der Waals surface area (Å²) < 4.78 is 0. The van der Waals surface area contributed by atoms with E-state index in [0.717, 1.165) is 25.7 Å². The van der Waals surface area contributed by atoms with Crippen LogP contribution in [0.15, 0.2) is 12.7 Å². The van der Waals surface area contributed by atoms with Crippen LogP contribution < -0.4 is 21.3 Å². The van der Waals surface area contributed by atoms with Gasteiger partial charge in [-0.2, -0.15) is 0 Å². The fraction of sp³-hybridized carbons (Fsp3) is 0.763. The van der Waals surface area contributed by atoms with Crippen molar-refractivity contribution in [1.82, 2.24) is 31.1 Å². The number of piperidine rings is 1. The maximum absolute atomic E-state index is 14.5. The van der Waals surface area contributed by atoms with Crippen LogP contribution in [0.1, 0.15) is 114 Å². The summed E-state index contributed by atoms with van der Waals surface area (Å²) in [5, 5.41) is 11.1. The molecule has 2 heterocycles. The second-order valence-corrected chi connectivity index (χ2v) is 17.6. The van der Waals surface area contributed by atoms with E-state index in [2.05, 4.69) is 27.8 Å². The molecule has 0 aromatic rings. The maximum Gasteiger partial charge on any atom is 0.315 e. The van der Waals surface area contributed by atoms with E-state index < -0.39 is 69.9 Å². The molecule has 0 aromatic heterocycles. The molecule has 286 valence electrons. The monoisotopic (exact) mass is 714 g/mol. The van der Waals surface area contributed by atoms with Crippen LogP contribution in [-0.2, 0) is 28.8 Å². The number of nitrogens with zero attached hydrogens (tertiary/aromatic N) is 2. The minimum Gasteiger partial charge on any atom is -0.346 e. The van der Waals surface area contributed by atoms with Gasteiger partial charge in [0.25, 0.3) is 5.91 Å². The third-order valence-corrected chi connectivity index (χ3v) is 10.5. The second kappa shape index (κ2) is 16.7. The third-order valence-electron chi connectivity index (χ3n) is 10.5. The lowest BCUT2D eigenvalue weighted by molar-refractivity contribution is -0.153. The zero-order chi connectivity index (χ0) is 38.5. The number of ketones is 1. The summed E-state index contributed by atoms with van der Waals surface area (Å²) in [5.41, 5.74) is -1.74. The van der Waals surface area contributed by atoms with E-state index >= 15 is 0 Å². The van der Waals surface area contributed by atoms with Gasteiger partial charge in [0.1, 0.15) is 12.1 Å². The average Bonchev–Trinajstić information content (AvgIpc) is 3.61. The van der Waals surface area contributed by atoms with Gasteiger partial charge in [0, 0.05) is 32.5 Å². The van der Waals surface area contributed by atoms with Crippen LogP contribution in [0, 0.1) is 28.1 Å². The number of fused-ring (bicyclic) bond motifs is 1. The molecule has 1 saturated carbocycles. The average molecular weight is 715 g/mol. The number of urea groups is 1. The number of rotatable bonds is 14. The number of carbonyl (C=O) groups is 7. The first kappa shape index (κ1) is 41.6. The Morgan fingerprint density at radius 3 is 2.12 bits per heavy atom. The van der Waals surface area contributed by atoms with Gasteiger partial charge in [0.15, 0.2) is 0 Å². The Bertz CT molecular complexity index is 1340. The number of amides is 7. The first-order chi connectivity index (χ1) is 23.6. The van der Waals surface area contributed by atoms with E-state index in [0.29, 0.717) is 13.0 Å².